The van der Waals surface area contributed by atoms with E-state index in [1.165, 1.54) is 11.0 Å². The van der Waals surface area contributed by atoms with Crippen LogP contribution in [-0.2, 0) is 4.79 Å². The van der Waals surface area contributed by atoms with Crippen LogP contribution in [0.25, 0.3) is 0 Å². The Morgan fingerprint density at radius 1 is 1.38 bits per heavy atom. The lowest BCUT2D eigenvalue weighted by Crippen LogP contribution is -2.50. The highest BCUT2D eigenvalue weighted by Gasteiger charge is 2.36. The average molecular weight is 291 g/mol. The fourth-order valence-corrected chi connectivity index (χ4v) is 2.86. The average Bonchev–Trinajstić information content (AvgIpc) is 2.48. The molecule has 1 amide bonds. The molecular weight excluding hydrogens is 270 g/mol. The highest BCUT2D eigenvalue weighted by molar-refractivity contribution is 5.99. The SMILES string of the molecule is CCC1CCN(C(=O)c2cc(C)ccc2O)C(C(=O)O)C1. The highest BCUT2D eigenvalue weighted by Crippen LogP contribution is 2.29. The summed E-state index contributed by atoms with van der Waals surface area (Å²) in [4.78, 5) is 25.4. The zero-order chi connectivity index (χ0) is 15.6. The third-order valence-electron chi connectivity index (χ3n) is 4.22. The molecule has 2 atom stereocenters. The van der Waals surface area contributed by atoms with Crippen LogP contribution in [0.4, 0.5) is 0 Å². The number of aromatic hydroxyl groups is 1. The Morgan fingerprint density at radius 2 is 2.10 bits per heavy atom. The molecule has 1 saturated heterocycles. The number of carboxylic acids is 1. The van der Waals surface area contributed by atoms with E-state index in [-0.39, 0.29) is 11.3 Å². The molecule has 1 aliphatic heterocycles. The summed E-state index contributed by atoms with van der Waals surface area (Å²) in [7, 11) is 0. The van der Waals surface area contributed by atoms with Crippen molar-refractivity contribution in [3.63, 3.8) is 0 Å². The first-order valence-electron chi connectivity index (χ1n) is 7.27. The van der Waals surface area contributed by atoms with Crippen molar-refractivity contribution in [1.29, 1.82) is 0 Å². The minimum absolute atomic E-state index is 0.104. The second-order valence-electron chi connectivity index (χ2n) is 5.67. The first kappa shape index (κ1) is 15.4. The number of piperidine rings is 1. The molecule has 21 heavy (non-hydrogen) atoms. The van der Waals surface area contributed by atoms with Crippen molar-refractivity contribution in [3.8, 4) is 5.75 Å². The standard InChI is InChI=1S/C16H21NO4/c1-3-11-6-7-17(13(9-11)16(20)21)15(19)12-8-10(2)4-5-14(12)18/h4-5,8,11,13,18H,3,6-7,9H2,1-2H3,(H,20,21). The Kier molecular flexibility index (Phi) is 4.50. The van der Waals surface area contributed by atoms with E-state index in [1.807, 2.05) is 13.8 Å². The van der Waals surface area contributed by atoms with Crippen LogP contribution < -0.4 is 0 Å². The molecule has 2 unspecified atom stereocenters. The molecule has 2 rings (SSSR count). The van der Waals surface area contributed by atoms with E-state index in [0.717, 1.165) is 18.4 Å². The molecule has 1 heterocycles. The number of benzene rings is 1. The van der Waals surface area contributed by atoms with Crippen molar-refractivity contribution in [2.75, 3.05) is 6.54 Å². The van der Waals surface area contributed by atoms with Crippen molar-refractivity contribution in [1.82, 2.24) is 4.90 Å². The molecule has 2 N–H and O–H groups in total. The van der Waals surface area contributed by atoms with Gasteiger partial charge in [-0.2, -0.15) is 0 Å². The van der Waals surface area contributed by atoms with Crippen molar-refractivity contribution in [2.45, 2.75) is 39.2 Å². The number of phenolic OH excluding ortho intramolecular Hbond substituents is 1. The molecule has 0 radical (unpaired) electrons. The molecule has 0 bridgehead atoms. The highest BCUT2D eigenvalue weighted by atomic mass is 16.4. The van der Waals surface area contributed by atoms with Gasteiger partial charge in [0.2, 0.25) is 0 Å². The predicted molar refractivity (Wildman–Crippen MR) is 78.3 cm³/mol. The maximum absolute atomic E-state index is 12.6. The zero-order valence-corrected chi connectivity index (χ0v) is 12.4. The van der Waals surface area contributed by atoms with Gasteiger partial charge in [-0.3, -0.25) is 4.79 Å². The van der Waals surface area contributed by atoms with Crippen LogP contribution in [0.1, 0.15) is 42.1 Å². The lowest BCUT2D eigenvalue weighted by atomic mass is 9.88. The van der Waals surface area contributed by atoms with Crippen LogP contribution in [0.2, 0.25) is 0 Å². The number of rotatable bonds is 3. The minimum Gasteiger partial charge on any atom is -0.507 e. The normalized spacial score (nSPS) is 22.1. The molecule has 1 fully saturated rings. The Bertz CT molecular complexity index is 555. The monoisotopic (exact) mass is 291 g/mol. The van der Waals surface area contributed by atoms with E-state index < -0.39 is 17.9 Å². The molecule has 1 aromatic carbocycles. The Morgan fingerprint density at radius 3 is 2.71 bits per heavy atom. The maximum atomic E-state index is 12.6. The fraction of sp³-hybridized carbons (Fsp3) is 0.500. The van der Waals surface area contributed by atoms with Gasteiger partial charge >= 0.3 is 5.97 Å². The van der Waals surface area contributed by atoms with Gasteiger partial charge in [-0.1, -0.05) is 25.0 Å². The summed E-state index contributed by atoms with van der Waals surface area (Å²) in [6.45, 7) is 4.28. The molecule has 0 spiro atoms. The molecule has 1 aliphatic rings. The molecule has 0 saturated carbocycles. The lowest BCUT2D eigenvalue weighted by Gasteiger charge is -2.37. The first-order valence-corrected chi connectivity index (χ1v) is 7.27. The number of hydrogen-bond donors (Lipinski definition) is 2. The molecular formula is C16H21NO4. The van der Waals surface area contributed by atoms with Crippen molar-refractivity contribution < 1.29 is 19.8 Å². The maximum Gasteiger partial charge on any atom is 0.326 e. The smallest absolute Gasteiger partial charge is 0.326 e. The number of carbonyl (C=O) groups excluding carboxylic acids is 1. The Balaban J connectivity index is 2.28. The third kappa shape index (κ3) is 3.17. The minimum atomic E-state index is -0.978. The summed E-state index contributed by atoms with van der Waals surface area (Å²) in [5.41, 5.74) is 1.03. The molecule has 5 nitrogen and oxygen atoms in total. The number of carbonyl (C=O) groups is 2. The quantitative estimate of drug-likeness (QED) is 0.896. The predicted octanol–water partition coefficient (Wildman–Crippen LogP) is 2.42. The summed E-state index contributed by atoms with van der Waals surface area (Å²) in [5.74, 6) is -1.15. The van der Waals surface area contributed by atoms with Crippen LogP contribution in [-0.4, -0.2) is 39.6 Å². The fourth-order valence-electron chi connectivity index (χ4n) is 2.86. The summed E-state index contributed by atoms with van der Waals surface area (Å²) in [6.07, 6.45) is 2.20. The van der Waals surface area contributed by atoms with Gasteiger partial charge in [0.15, 0.2) is 0 Å². The summed E-state index contributed by atoms with van der Waals surface area (Å²) in [5, 5.41) is 19.2. The largest absolute Gasteiger partial charge is 0.507 e. The van der Waals surface area contributed by atoms with Gasteiger partial charge in [-0.15, -0.1) is 0 Å². The molecule has 114 valence electrons. The number of aliphatic carboxylic acids is 1. The van der Waals surface area contributed by atoms with Crippen molar-refractivity contribution >= 4 is 11.9 Å². The summed E-state index contributed by atoms with van der Waals surface area (Å²) >= 11 is 0. The Labute approximate surface area is 124 Å². The van der Waals surface area contributed by atoms with Gasteiger partial charge in [0.25, 0.3) is 5.91 Å². The number of phenols is 1. The van der Waals surface area contributed by atoms with Gasteiger partial charge in [0, 0.05) is 6.54 Å². The van der Waals surface area contributed by atoms with Crippen molar-refractivity contribution in [2.24, 2.45) is 5.92 Å². The number of amides is 1. The zero-order valence-electron chi connectivity index (χ0n) is 12.4. The van der Waals surface area contributed by atoms with Crippen molar-refractivity contribution in [3.05, 3.63) is 29.3 Å². The van der Waals surface area contributed by atoms with E-state index in [0.29, 0.717) is 18.9 Å². The first-order chi connectivity index (χ1) is 9.93. The van der Waals surface area contributed by atoms with E-state index in [1.54, 1.807) is 12.1 Å². The molecule has 5 heteroatoms. The third-order valence-corrected chi connectivity index (χ3v) is 4.22. The van der Waals surface area contributed by atoms with E-state index >= 15 is 0 Å². The molecule has 0 aromatic heterocycles. The van der Waals surface area contributed by atoms with Crippen LogP contribution in [0, 0.1) is 12.8 Å². The van der Waals surface area contributed by atoms with Gasteiger partial charge in [-0.05, 0) is 37.8 Å². The van der Waals surface area contributed by atoms with E-state index in [4.69, 9.17) is 0 Å². The van der Waals surface area contributed by atoms with Crippen LogP contribution in [0.5, 0.6) is 5.75 Å². The van der Waals surface area contributed by atoms with Gasteiger partial charge in [0.05, 0.1) is 5.56 Å². The molecule has 1 aromatic rings. The lowest BCUT2D eigenvalue weighted by molar-refractivity contribution is -0.144. The van der Waals surface area contributed by atoms with Gasteiger partial charge in [0.1, 0.15) is 11.8 Å². The Hall–Kier alpha value is -2.04. The number of nitrogens with zero attached hydrogens (tertiary/aromatic N) is 1. The molecule has 0 aliphatic carbocycles. The van der Waals surface area contributed by atoms with Gasteiger partial charge < -0.3 is 15.1 Å². The van der Waals surface area contributed by atoms with E-state index in [2.05, 4.69) is 0 Å². The number of aryl methyl sites for hydroxylation is 1. The number of carboxylic acid groups (broad SMARTS) is 1. The number of likely N-dealkylation sites (tertiary alicyclic amines) is 1. The van der Waals surface area contributed by atoms with Crippen LogP contribution >= 0.6 is 0 Å². The second kappa shape index (κ2) is 6.16. The summed E-state index contributed by atoms with van der Waals surface area (Å²) in [6, 6.07) is 3.97. The number of hydrogen-bond acceptors (Lipinski definition) is 3. The van der Waals surface area contributed by atoms with Gasteiger partial charge in [-0.25, -0.2) is 4.79 Å². The topological polar surface area (TPSA) is 77.8 Å². The van der Waals surface area contributed by atoms with Crippen LogP contribution in [0.15, 0.2) is 18.2 Å². The second-order valence-corrected chi connectivity index (χ2v) is 5.67. The van der Waals surface area contributed by atoms with Crippen LogP contribution in [0.3, 0.4) is 0 Å². The summed E-state index contributed by atoms with van der Waals surface area (Å²) < 4.78 is 0. The van der Waals surface area contributed by atoms with E-state index in [9.17, 15) is 19.8 Å².